The van der Waals surface area contributed by atoms with E-state index < -0.39 is 26.5 Å². The molecule has 2 rings (SSSR count). The van der Waals surface area contributed by atoms with Crippen LogP contribution in [0.3, 0.4) is 0 Å². The summed E-state index contributed by atoms with van der Waals surface area (Å²) in [5.74, 6) is 0.199. The van der Waals surface area contributed by atoms with Crippen molar-refractivity contribution in [1.29, 1.82) is 0 Å². The van der Waals surface area contributed by atoms with Crippen LogP contribution in [-0.4, -0.2) is 22.8 Å². The molecule has 1 unspecified atom stereocenters. The van der Waals surface area contributed by atoms with Gasteiger partial charge in [-0.3, -0.25) is 0 Å². The van der Waals surface area contributed by atoms with E-state index in [9.17, 15) is 12.6 Å². The van der Waals surface area contributed by atoms with Crippen LogP contribution in [0.15, 0.2) is 44.8 Å². The van der Waals surface area contributed by atoms with Gasteiger partial charge < -0.3 is 9.29 Å². The van der Waals surface area contributed by atoms with Gasteiger partial charge in [0.25, 0.3) is 0 Å². The molecule has 1 aromatic heterocycles. The van der Waals surface area contributed by atoms with Crippen LogP contribution in [0.1, 0.15) is 26.3 Å². The second-order valence-electron chi connectivity index (χ2n) is 5.93. The number of ether oxygens (including phenoxy) is 1. The minimum absolute atomic E-state index is 0.0575. The van der Waals surface area contributed by atoms with Gasteiger partial charge in [0.1, 0.15) is 15.6 Å². The SMILES string of the molecule is CC(C)(C)Oc1cc(CS(=O)O)cc(S(=O)(=O)c2cccs2)c1. The van der Waals surface area contributed by atoms with Gasteiger partial charge in [-0.1, -0.05) is 6.07 Å². The molecule has 0 aliphatic carbocycles. The fourth-order valence-corrected chi connectivity index (χ4v) is 4.89. The average molecular weight is 375 g/mol. The maximum atomic E-state index is 12.7. The number of thiophene rings is 1. The molecular formula is C15H18O5S3. The zero-order chi connectivity index (χ0) is 17.3. The standard InChI is InChI=1S/C15H18O5S3/c1-15(2,3)20-12-7-11(10-22(16)17)8-13(9-12)23(18,19)14-5-4-6-21-14/h4-9H,10H2,1-3H3,(H,16,17). The molecule has 5 nitrogen and oxygen atoms in total. The summed E-state index contributed by atoms with van der Waals surface area (Å²) in [6, 6.07) is 7.65. The van der Waals surface area contributed by atoms with Crippen LogP contribution in [-0.2, 0) is 26.7 Å². The Labute approximate surface area is 142 Å². The predicted molar refractivity (Wildman–Crippen MR) is 91.1 cm³/mol. The Morgan fingerprint density at radius 2 is 1.96 bits per heavy atom. The molecule has 0 saturated heterocycles. The number of hydrogen-bond donors (Lipinski definition) is 1. The molecule has 126 valence electrons. The molecule has 23 heavy (non-hydrogen) atoms. The minimum Gasteiger partial charge on any atom is -0.488 e. The highest BCUT2D eigenvalue weighted by Gasteiger charge is 2.22. The Balaban J connectivity index is 2.54. The number of sulfone groups is 1. The summed E-state index contributed by atoms with van der Waals surface area (Å²) in [7, 11) is -3.67. The van der Waals surface area contributed by atoms with Gasteiger partial charge in [-0.2, -0.15) is 0 Å². The zero-order valence-electron chi connectivity index (χ0n) is 13.0. The van der Waals surface area contributed by atoms with E-state index in [0.717, 1.165) is 11.3 Å². The summed E-state index contributed by atoms with van der Waals surface area (Å²) in [6.07, 6.45) is 0. The van der Waals surface area contributed by atoms with Crippen molar-refractivity contribution >= 4 is 32.3 Å². The molecule has 2 aromatic rings. The second-order valence-corrected chi connectivity index (χ2v) is 9.98. The first-order chi connectivity index (χ1) is 10.6. The van der Waals surface area contributed by atoms with Gasteiger partial charge in [-0.15, -0.1) is 11.3 Å². The summed E-state index contributed by atoms with van der Waals surface area (Å²) in [5.41, 5.74) is -0.0799. The van der Waals surface area contributed by atoms with Gasteiger partial charge in [0.05, 0.1) is 10.6 Å². The molecule has 0 spiro atoms. The molecule has 0 aliphatic heterocycles. The lowest BCUT2D eigenvalue weighted by atomic mass is 10.2. The molecule has 8 heteroatoms. The molecule has 0 fully saturated rings. The highest BCUT2D eigenvalue weighted by molar-refractivity contribution is 7.93. The first kappa shape index (κ1) is 18.1. The molecule has 0 amide bonds. The zero-order valence-corrected chi connectivity index (χ0v) is 15.4. The lowest BCUT2D eigenvalue weighted by molar-refractivity contribution is 0.130. The summed E-state index contributed by atoms with van der Waals surface area (Å²) < 4.78 is 51.5. The number of rotatable bonds is 5. The van der Waals surface area contributed by atoms with Crippen molar-refractivity contribution in [3.8, 4) is 5.75 Å². The van der Waals surface area contributed by atoms with Crippen LogP contribution < -0.4 is 4.74 Å². The predicted octanol–water partition coefficient (Wildman–Crippen LogP) is 3.48. The quantitative estimate of drug-likeness (QED) is 0.811. The van der Waals surface area contributed by atoms with Gasteiger partial charge in [0.2, 0.25) is 9.84 Å². The molecular weight excluding hydrogens is 356 g/mol. The van der Waals surface area contributed by atoms with Crippen LogP contribution >= 0.6 is 11.3 Å². The second kappa shape index (κ2) is 6.72. The highest BCUT2D eigenvalue weighted by Crippen LogP contribution is 2.30. The van der Waals surface area contributed by atoms with E-state index in [1.807, 2.05) is 20.8 Å². The maximum Gasteiger partial charge on any atom is 0.216 e. The van der Waals surface area contributed by atoms with Crippen molar-refractivity contribution in [2.24, 2.45) is 0 Å². The molecule has 0 radical (unpaired) electrons. The van der Waals surface area contributed by atoms with Gasteiger partial charge >= 0.3 is 0 Å². The minimum atomic E-state index is -3.67. The molecule has 0 saturated carbocycles. The molecule has 1 aromatic carbocycles. The monoisotopic (exact) mass is 374 g/mol. The lowest BCUT2D eigenvalue weighted by Gasteiger charge is -2.22. The van der Waals surface area contributed by atoms with Crippen LogP contribution in [0, 0.1) is 0 Å². The van der Waals surface area contributed by atoms with E-state index in [1.165, 1.54) is 18.2 Å². The van der Waals surface area contributed by atoms with Crippen molar-refractivity contribution < 1.29 is 21.9 Å². The smallest absolute Gasteiger partial charge is 0.216 e. The normalized spacial score (nSPS) is 13.7. The maximum absolute atomic E-state index is 12.7. The number of benzene rings is 1. The number of hydrogen-bond acceptors (Lipinski definition) is 5. The molecule has 1 N–H and O–H groups in total. The fourth-order valence-electron chi connectivity index (χ4n) is 1.96. The van der Waals surface area contributed by atoms with Gasteiger partial charge in [0, 0.05) is 0 Å². The Morgan fingerprint density at radius 1 is 1.26 bits per heavy atom. The largest absolute Gasteiger partial charge is 0.488 e. The van der Waals surface area contributed by atoms with Crippen molar-refractivity contribution in [1.82, 2.24) is 0 Å². The van der Waals surface area contributed by atoms with Gasteiger partial charge in [0.15, 0.2) is 11.1 Å². The Morgan fingerprint density at radius 3 is 2.48 bits per heavy atom. The van der Waals surface area contributed by atoms with E-state index in [4.69, 9.17) is 9.29 Å². The first-order valence-electron chi connectivity index (χ1n) is 6.77. The highest BCUT2D eigenvalue weighted by atomic mass is 32.2. The van der Waals surface area contributed by atoms with Crippen molar-refractivity contribution in [2.75, 3.05) is 0 Å². The summed E-state index contributed by atoms with van der Waals surface area (Å²) in [4.78, 5) is 0.0575. The molecule has 1 heterocycles. The summed E-state index contributed by atoms with van der Waals surface area (Å²) >= 11 is -0.942. The van der Waals surface area contributed by atoms with E-state index in [2.05, 4.69) is 0 Å². The molecule has 1 atom stereocenters. The van der Waals surface area contributed by atoms with E-state index in [-0.39, 0.29) is 14.9 Å². The molecule has 0 aliphatic rings. The van der Waals surface area contributed by atoms with Crippen LogP contribution in [0.2, 0.25) is 0 Å². The van der Waals surface area contributed by atoms with Gasteiger partial charge in [-0.25, -0.2) is 12.6 Å². The third-order valence-corrected chi connectivity index (χ3v) is 6.44. The summed E-state index contributed by atoms with van der Waals surface area (Å²) in [5, 5.41) is 1.69. The van der Waals surface area contributed by atoms with Crippen LogP contribution in [0.25, 0.3) is 0 Å². The van der Waals surface area contributed by atoms with Gasteiger partial charge in [-0.05, 0) is 56.0 Å². The van der Waals surface area contributed by atoms with Crippen molar-refractivity contribution in [3.05, 3.63) is 41.3 Å². The lowest BCUT2D eigenvalue weighted by Crippen LogP contribution is -2.23. The fraction of sp³-hybridized carbons (Fsp3) is 0.333. The van der Waals surface area contributed by atoms with Crippen LogP contribution in [0.5, 0.6) is 5.75 Å². The first-order valence-corrected chi connectivity index (χ1v) is 10.4. The average Bonchev–Trinajstić information content (AvgIpc) is 2.89. The topological polar surface area (TPSA) is 80.7 Å². The Bertz CT molecular complexity index is 802. The Hall–Kier alpha value is -1.22. The molecule has 0 bridgehead atoms. The van der Waals surface area contributed by atoms with E-state index in [1.54, 1.807) is 17.5 Å². The van der Waals surface area contributed by atoms with E-state index in [0.29, 0.717) is 11.3 Å². The third-order valence-electron chi connectivity index (χ3n) is 2.72. The van der Waals surface area contributed by atoms with Crippen LogP contribution in [0.4, 0.5) is 0 Å². The van der Waals surface area contributed by atoms with E-state index >= 15 is 0 Å². The Kier molecular flexibility index (Phi) is 5.30. The van der Waals surface area contributed by atoms with Crippen molar-refractivity contribution in [3.63, 3.8) is 0 Å². The van der Waals surface area contributed by atoms with Crippen molar-refractivity contribution in [2.45, 2.75) is 41.2 Å². The summed E-state index contributed by atoms with van der Waals surface area (Å²) in [6.45, 7) is 5.53. The third kappa shape index (κ3) is 4.87.